The maximum absolute atomic E-state index is 13.9. The average Bonchev–Trinajstić information content (AvgIpc) is 2.69. The number of hydrogen-bond donors (Lipinski definition) is 2. The van der Waals surface area contributed by atoms with Crippen molar-refractivity contribution in [1.29, 1.82) is 0 Å². The zero-order valence-electron chi connectivity index (χ0n) is 15.6. The number of aryl methyl sites for hydroxylation is 1. The van der Waals surface area contributed by atoms with Crippen molar-refractivity contribution in [1.82, 2.24) is 10.2 Å². The second-order valence-electron chi connectivity index (χ2n) is 6.69. The number of nitrogens with zero attached hydrogens (tertiary/aromatic N) is 1. The minimum absolute atomic E-state index is 0.0207. The summed E-state index contributed by atoms with van der Waals surface area (Å²) in [5.74, 6) is -1.11. The second kappa shape index (κ2) is 8.31. The van der Waals surface area contributed by atoms with Crippen molar-refractivity contribution in [2.24, 2.45) is 0 Å². The third kappa shape index (κ3) is 4.34. The molecule has 0 spiro atoms. The molecule has 1 heterocycles. The van der Waals surface area contributed by atoms with Gasteiger partial charge in [0.2, 0.25) is 5.91 Å². The van der Waals surface area contributed by atoms with E-state index >= 15 is 0 Å². The highest BCUT2D eigenvalue weighted by Gasteiger charge is 2.29. The molecule has 3 rings (SSSR count). The molecule has 5 nitrogen and oxygen atoms in total. The monoisotopic (exact) mass is 369 g/mol. The second-order valence-corrected chi connectivity index (χ2v) is 6.69. The largest absolute Gasteiger partial charge is 0.329 e. The lowest BCUT2D eigenvalue weighted by molar-refractivity contribution is -0.114. The minimum atomic E-state index is -0.561. The van der Waals surface area contributed by atoms with Crippen LogP contribution in [-0.2, 0) is 11.2 Å². The summed E-state index contributed by atoms with van der Waals surface area (Å²) in [7, 11) is 0. The van der Waals surface area contributed by atoms with Gasteiger partial charge in [-0.15, -0.1) is 0 Å². The third-order valence-corrected chi connectivity index (χ3v) is 4.80. The van der Waals surface area contributed by atoms with Crippen molar-refractivity contribution in [2.45, 2.75) is 26.3 Å². The molecule has 0 aromatic heterocycles. The molecule has 0 radical (unpaired) electrons. The standard InChI is InChI=1S/C21H24FN3O2/c1-3-15-4-6-16(7-5-15)20-13-23-10-11-25(20)21(27)17-8-9-18(22)19(12-17)24-14(2)26/h4-9,12,20,23H,3,10-11,13H2,1-2H3,(H,24,26). The molecule has 1 saturated heterocycles. The number of carbonyl (C=O) groups excluding carboxylic acids is 2. The normalized spacial score (nSPS) is 16.9. The van der Waals surface area contributed by atoms with Crippen molar-refractivity contribution >= 4 is 17.5 Å². The van der Waals surface area contributed by atoms with Crippen LogP contribution >= 0.6 is 0 Å². The van der Waals surface area contributed by atoms with E-state index in [1.54, 1.807) is 0 Å². The number of benzene rings is 2. The number of nitrogens with one attached hydrogen (secondary N) is 2. The fourth-order valence-electron chi connectivity index (χ4n) is 3.33. The van der Waals surface area contributed by atoms with Gasteiger partial charge in [-0.05, 0) is 35.7 Å². The van der Waals surface area contributed by atoms with Gasteiger partial charge in [0, 0.05) is 32.1 Å². The zero-order chi connectivity index (χ0) is 19.4. The van der Waals surface area contributed by atoms with E-state index in [9.17, 15) is 14.0 Å². The Balaban J connectivity index is 1.87. The van der Waals surface area contributed by atoms with Gasteiger partial charge in [0.05, 0.1) is 11.7 Å². The lowest BCUT2D eigenvalue weighted by atomic mass is 10.00. The van der Waals surface area contributed by atoms with Gasteiger partial charge in [-0.25, -0.2) is 4.39 Å². The molecule has 2 aromatic rings. The molecule has 1 aliphatic heterocycles. The fraction of sp³-hybridized carbons (Fsp3) is 0.333. The van der Waals surface area contributed by atoms with Crippen LogP contribution in [0, 0.1) is 5.82 Å². The van der Waals surface area contributed by atoms with Gasteiger partial charge in [0.25, 0.3) is 5.91 Å². The van der Waals surface area contributed by atoms with Gasteiger partial charge < -0.3 is 15.5 Å². The van der Waals surface area contributed by atoms with E-state index in [0.717, 1.165) is 12.0 Å². The Hall–Kier alpha value is -2.73. The molecule has 1 aliphatic rings. The topological polar surface area (TPSA) is 61.4 Å². The van der Waals surface area contributed by atoms with Crippen molar-refractivity contribution in [3.8, 4) is 0 Å². The Labute approximate surface area is 158 Å². The van der Waals surface area contributed by atoms with Crippen LogP contribution in [0.1, 0.15) is 41.4 Å². The minimum Gasteiger partial charge on any atom is -0.329 e. The van der Waals surface area contributed by atoms with Crippen molar-refractivity contribution in [3.63, 3.8) is 0 Å². The van der Waals surface area contributed by atoms with Gasteiger partial charge in [-0.1, -0.05) is 31.2 Å². The van der Waals surface area contributed by atoms with E-state index in [-0.39, 0.29) is 23.5 Å². The highest BCUT2D eigenvalue weighted by atomic mass is 19.1. The number of piperazine rings is 1. The van der Waals surface area contributed by atoms with E-state index < -0.39 is 5.82 Å². The molecule has 142 valence electrons. The summed E-state index contributed by atoms with van der Waals surface area (Å²) < 4.78 is 13.9. The molecule has 1 unspecified atom stereocenters. The molecule has 1 fully saturated rings. The fourth-order valence-corrected chi connectivity index (χ4v) is 3.33. The lowest BCUT2D eigenvalue weighted by Crippen LogP contribution is -2.48. The van der Waals surface area contributed by atoms with Gasteiger partial charge in [-0.2, -0.15) is 0 Å². The molecule has 2 N–H and O–H groups in total. The highest BCUT2D eigenvalue weighted by Crippen LogP contribution is 2.26. The van der Waals surface area contributed by atoms with E-state index in [1.165, 1.54) is 30.7 Å². The zero-order valence-corrected chi connectivity index (χ0v) is 15.6. The summed E-state index contributed by atoms with van der Waals surface area (Å²) in [5.41, 5.74) is 2.69. The Morgan fingerprint density at radius 1 is 1.22 bits per heavy atom. The van der Waals surface area contributed by atoms with Gasteiger partial charge in [-0.3, -0.25) is 9.59 Å². The summed E-state index contributed by atoms with van der Waals surface area (Å²) in [6.45, 7) is 5.34. The summed E-state index contributed by atoms with van der Waals surface area (Å²) in [4.78, 5) is 26.2. The van der Waals surface area contributed by atoms with Crippen molar-refractivity contribution in [2.75, 3.05) is 25.0 Å². The average molecular weight is 369 g/mol. The van der Waals surface area contributed by atoms with E-state index in [0.29, 0.717) is 25.2 Å². The summed E-state index contributed by atoms with van der Waals surface area (Å²) in [6.07, 6.45) is 0.966. The quantitative estimate of drug-likeness (QED) is 0.870. The number of carbonyl (C=O) groups is 2. The molecule has 0 aliphatic carbocycles. The van der Waals surface area contributed by atoms with E-state index in [2.05, 4.69) is 41.8 Å². The molecule has 1 atom stereocenters. The van der Waals surface area contributed by atoms with Crippen LogP contribution in [0.3, 0.4) is 0 Å². The molecule has 0 saturated carbocycles. The first kappa shape index (κ1) is 19.0. The van der Waals surface area contributed by atoms with Crippen LogP contribution in [0.4, 0.5) is 10.1 Å². The molecule has 6 heteroatoms. The van der Waals surface area contributed by atoms with Crippen LogP contribution < -0.4 is 10.6 Å². The van der Waals surface area contributed by atoms with Crippen LogP contribution in [0.2, 0.25) is 0 Å². The van der Waals surface area contributed by atoms with Crippen molar-refractivity contribution < 1.29 is 14.0 Å². The maximum Gasteiger partial charge on any atom is 0.254 e. The molecular formula is C21H24FN3O2. The van der Waals surface area contributed by atoms with Crippen LogP contribution in [-0.4, -0.2) is 36.3 Å². The Bertz CT molecular complexity index is 836. The maximum atomic E-state index is 13.9. The number of rotatable bonds is 4. The predicted octanol–water partition coefficient (Wildman–Crippen LogP) is 3.13. The third-order valence-electron chi connectivity index (χ3n) is 4.80. The summed E-state index contributed by atoms with van der Waals surface area (Å²) >= 11 is 0. The number of halogens is 1. The summed E-state index contributed by atoms with van der Waals surface area (Å²) in [6, 6.07) is 12.3. The number of hydrogen-bond acceptors (Lipinski definition) is 3. The molecule has 0 bridgehead atoms. The first-order valence-corrected chi connectivity index (χ1v) is 9.17. The van der Waals surface area contributed by atoms with Gasteiger partial charge in [0.1, 0.15) is 5.82 Å². The Morgan fingerprint density at radius 2 is 1.96 bits per heavy atom. The molecule has 2 amide bonds. The van der Waals surface area contributed by atoms with Crippen LogP contribution in [0.25, 0.3) is 0 Å². The lowest BCUT2D eigenvalue weighted by Gasteiger charge is -2.36. The van der Waals surface area contributed by atoms with E-state index in [4.69, 9.17) is 0 Å². The van der Waals surface area contributed by atoms with E-state index in [1.807, 2.05) is 4.90 Å². The Morgan fingerprint density at radius 3 is 2.63 bits per heavy atom. The van der Waals surface area contributed by atoms with Crippen LogP contribution in [0.5, 0.6) is 0 Å². The summed E-state index contributed by atoms with van der Waals surface area (Å²) in [5, 5.41) is 5.76. The predicted molar refractivity (Wildman–Crippen MR) is 103 cm³/mol. The van der Waals surface area contributed by atoms with Gasteiger partial charge >= 0.3 is 0 Å². The SMILES string of the molecule is CCc1ccc(C2CNCCN2C(=O)c2ccc(F)c(NC(C)=O)c2)cc1. The molecular weight excluding hydrogens is 345 g/mol. The van der Waals surface area contributed by atoms with Crippen LogP contribution in [0.15, 0.2) is 42.5 Å². The number of anilines is 1. The Kier molecular flexibility index (Phi) is 5.86. The van der Waals surface area contributed by atoms with Gasteiger partial charge in [0.15, 0.2) is 0 Å². The first-order chi connectivity index (χ1) is 13.0. The first-order valence-electron chi connectivity index (χ1n) is 9.17. The number of amides is 2. The highest BCUT2D eigenvalue weighted by molar-refractivity contribution is 5.97. The molecule has 27 heavy (non-hydrogen) atoms. The molecule has 2 aromatic carbocycles. The van der Waals surface area contributed by atoms with Crippen molar-refractivity contribution in [3.05, 3.63) is 65.0 Å². The smallest absolute Gasteiger partial charge is 0.254 e.